The molecule has 2 N–H and O–H groups in total. The van der Waals surface area contributed by atoms with Crippen LogP contribution in [0.4, 0.5) is 24.5 Å². The van der Waals surface area contributed by atoms with Crippen molar-refractivity contribution in [2.75, 3.05) is 5.43 Å². The lowest BCUT2D eigenvalue weighted by Crippen LogP contribution is -2.31. The van der Waals surface area contributed by atoms with Gasteiger partial charge in [0.2, 0.25) is 5.91 Å². The normalized spacial score (nSPS) is 11.2. The van der Waals surface area contributed by atoms with Crippen molar-refractivity contribution in [3.63, 3.8) is 0 Å². The van der Waals surface area contributed by atoms with Crippen molar-refractivity contribution in [1.29, 1.82) is 0 Å². The topological polar surface area (TPSA) is 84.3 Å². The third-order valence-electron chi connectivity index (χ3n) is 4.04. The molecule has 28 heavy (non-hydrogen) atoms. The summed E-state index contributed by atoms with van der Waals surface area (Å²) in [5, 5.41) is 13.0. The second-order valence-corrected chi connectivity index (χ2v) is 6.02. The van der Waals surface area contributed by atoms with Gasteiger partial charge in [-0.3, -0.25) is 25.8 Å². The Morgan fingerprint density at radius 3 is 2.39 bits per heavy atom. The summed E-state index contributed by atoms with van der Waals surface area (Å²) in [5.74, 6) is -0.496. The van der Waals surface area contributed by atoms with Crippen LogP contribution >= 0.6 is 0 Å². The molecule has 0 aromatic heterocycles. The molecule has 0 spiro atoms. The number of anilines is 1. The van der Waals surface area contributed by atoms with Crippen molar-refractivity contribution in [2.24, 2.45) is 0 Å². The molecule has 144 valence electrons. The lowest BCUT2D eigenvalue weighted by atomic mass is 10.1. The number of carbonyl (C=O) groups excluding carboxylic acids is 1. The molecule has 9 heteroatoms. The molecule has 0 fully saturated rings. The van der Waals surface area contributed by atoms with Gasteiger partial charge in [-0.05, 0) is 28.5 Å². The molecule has 3 rings (SSSR count). The minimum atomic E-state index is -4.71. The number of nitro groups is 1. The lowest BCUT2D eigenvalue weighted by molar-refractivity contribution is -0.384. The molecule has 0 aliphatic heterocycles. The van der Waals surface area contributed by atoms with E-state index in [1.807, 2.05) is 36.4 Å². The summed E-state index contributed by atoms with van der Waals surface area (Å²) in [4.78, 5) is 22.2. The van der Waals surface area contributed by atoms with Gasteiger partial charge in [-0.2, -0.15) is 13.2 Å². The highest BCUT2D eigenvalue weighted by atomic mass is 19.4. The van der Waals surface area contributed by atoms with Crippen LogP contribution in [0.2, 0.25) is 0 Å². The molecule has 0 heterocycles. The summed E-state index contributed by atoms with van der Waals surface area (Å²) < 4.78 is 38.2. The maximum atomic E-state index is 12.7. The molecule has 3 aromatic rings. The highest BCUT2D eigenvalue weighted by Gasteiger charge is 2.33. The fourth-order valence-electron chi connectivity index (χ4n) is 2.68. The third kappa shape index (κ3) is 4.37. The first-order valence-corrected chi connectivity index (χ1v) is 8.12. The number of nitro benzene ring substituents is 1. The summed E-state index contributed by atoms with van der Waals surface area (Å²) in [6.45, 7) is 0. The van der Waals surface area contributed by atoms with Crippen molar-refractivity contribution in [3.8, 4) is 0 Å². The fourth-order valence-corrected chi connectivity index (χ4v) is 2.68. The van der Waals surface area contributed by atoms with Crippen molar-refractivity contribution < 1.29 is 22.9 Å². The first kappa shape index (κ1) is 19.2. The van der Waals surface area contributed by atoms with E-state index in [9.17, 15) is 28.1 Å². The average Bonchev–Trinajstić information content (AvgIpc) is 2.65. The van der Waals surface area contributed by atoms with Crippen molar-refractivity contribution >= 4 is 28.1 Å². The highest BCUT2D eigenvalue weighted by molar-refractivity contribution is 5.86. The van der Waals surface area contributed by atoms with Crippen LogP contribution in [-0.4, -0.2) is 10.8 Å². The fraction of sp³-hybridized carbons (Fsp3) is 0.105. The average molecular weight is 389 g/mol. The Balaban J connectivity index is 1.70. The molecule has 1 amide bonds. The van der Waals surface area contributed by atoms with Crippen LogP contribution in [-0.2, 0) is 17.4 Å². The third-order valence-corrected chi connectivity index (χ3v) is 4.04. The van der Waals surface area contributed by atoms with E-state index in [0.717, 1.165) is 22.4 Å². The Bertz CT molecular complexity index is 1050. The van der Waals surface area contributed by atoms with Gasteiger partial charge in [0.25, 0.3) is 5.69 Å². The second kappa shape index (κ2) is 7.55. The van der Waals surface area contributed by atoms with E-state index in [1.165, 1.54) is 0 Å². The van der Waals surface area contributed by atoms with Crippen LogP contribution in [0.3, 0.4) is 0 Å². The number of amides is 1. The van der Waals surface area contributed by atoms with Crippen LogP contribution in [0, 0.1) is 10.1 Å². The Morgan fingerprint density at radius 2 is 1.71 bits per heavy atom. The number of carbonyl (C=O) groups is 1. The molecule has 0 unspecified atom stereocenters. The summed E-state index contributed by atoms with van der Waals surface area (Å²) in [6, 6.07) is 15.1. The van der Waals surface area contributed by atoms with Gasteiger partial charge >= 0.3 is 6.18 Å². The van der Waals surface area contributed by atoms with Crippen LogP contribution in [0.5, 0.6) is 0 Å². The number of alkyl halides is 3. The number of fused-ring (bicyclic) bond motifs is 1. The SMILES string of the molecule is O=C(Cc1ccc2ccccc2c1)NNc1ccc(C(F)(F)F)cc1[N+](=O)[O-]. The molecule has 0 bridgehead atoms. The summed E-state index contributed by atoms with van der Waals surface area (Å²) in [5.41, 5.74) is 3.14. The zero-order valence-corrected chi connectivity index (χ0v) is 14.3. The maximum absolute atomic E-state index is 12.7. The summed E-state index contributed by atoms with van der Waals surface area (Å²) in [6.07, 6.45) is -4.71. The van der Waals surface area contributed by atoms with Gasteiger partial charge in [0.1, 0.15) is 5.69 Å². The van der Waals surface area contributed by atoms with E-state index in [4.69, 9.17) is 0 Å². The Kier molecular flexibility index (Phi) is 5.16. The van der Waals surface area contributed by atoms with E-state index in [2.05, 4.69) is 10.9 Å². The van der Waals surface area contributed by atoms with Gasteiger partial charge in [0, 0.05) is 6.07 Å². The maximum Gasteiger partial charge on any atom is 0.416 e. The number of rotatable bonds is 5. The van der Waals surface area contributed by atoms with Gasteiger partial charge in [-0.15, -0.1) is 0 Å². The number of benzene rings is 3. The van der Waals surface area contributed by atoms with Crippen molar-refractivity contribution in [3.05, 3.63) is 81.9 Å². The van der Waals surface area contributed by atoms with Gasteiger partial charge in [0.05, 0.1) is 16.9 Å². The van der Waals surface area contributed by atoms with E-state index >= 15 is 0 Å². The molecular weight excluding hydrogens is 375 g/mol. The van der Waals surface area contributed by atoms with E-state index in [0.29, 0.717) is 12.1 Å². The quantitative estimate of drug-likeness (QED) is 0.499. The molecule has 0 saturated heterocycles. The van der Waals surface area contributed by atoms with E-state index in [-0.39, 0.29) is 12.1 Å². The zero-order valence-electron chi connectivity index (χ0n) is 14.3. The summed E-state index contributed by atoms with van der Waals surface area (Å²) in [7, 11) is 0. The monoisotopic (exact) mass is 389 g/mol. The number of hydrogen-bond acceptors (Lipinski definition) is 4. The molecule has 0 saturated carbocycles. The minimum Gasteiger partial charge on any atom is -0.292 e. The number of hydrazine groups is 1. The second-order valence-electron chi connectivity index (χ2n) is 6.02. The predicted molar refractivity (Wildman–Crippen MR) is 97.5 cm³/mol. The standard InChI is InChI=1S/C19H14F3N3O3/c20-19(21,22)15-7-8-16(17(11-15)25(27)28)23-24-18(26)10-12-5-6-13-3-1-2-4-14(13)9-12/h1-9,11,23H,10H2,(H,24,26). The Hall–Kier alpha value is -3.62. The van der Waals surface area contributed by atoms with E-state index in [1.54, 1.807) is 6.07 Å². The van der Waals surface area contributed by atoms with Crippen molar-refractivity contribution in [1.82, 2.24) is 5.43 Å². The van der Waals surface area contributed by atoms with Crippen molar-refractivity contribution in [2.45, 2.75) is 12.6 Å². The van der Waals surface area contributed by atoms with Gasteiger partial charge in [-0.1, -0.05) is 42.5 Å². The van der Waals surface area contributed by atoms with Crippen LogP contribution in [0.1, 0.15) is 11.1 Å². The van der Waals surface area contributed by atoms with Gasteiger partial charge in [0.15, 0.2) is 0 Å². The predicted octanol–water partition coefficient (Wildman–Crippen LogP) is 4.45. The molecule has 0 radical (unpaired) electrons. The van der Waals surface area contributed by atoms with Crippen LogP contribution < -0.4 is 10.9 Å². The molecule has 0 atom stereocenters. The first-order chi connectivity index (χ1) is 13.2. The molecular formula is C19H14F3N3O3. The molecule has 6 nitrogen and oxygen atoms in total. The van der Waals surface area contributed by atoms with Gasteiger partial charge < -0.3 is 0 Å². The molecule has 0 aliphatic carbocycles. The first-order valence-electron chi connectivity index (χ1n) is 8.12. The van der Waals surface area contributed by atoms with Crippen LogP contribution in [0.15, 0.2) is 60.7 Å². The summed E-state index contributed by atoms with van der Waals surface area (Å²) >= 11 is 0. The molecule has 0 aliphatic rings. The number of halogens is 3. The zero-order chi connectivity index (χ0) is 20.3. The minimum absolute atomic E-state index is 0.00767. The Morgan fingerprint density at radius 1 is 1.00 bits per heavy atom. The Labute approximate surface area is 157 Å². The van der Waals surface area contributed by atoms with Crippen LogP contribution in [0.25, 0.3) is 10.8 Å². The lowest BCUT2D eigenvalue weighted by Gasteiger charge is -2.11. The highest BCUT2D eigenvalue weighted by Crippen LogP contribution is 2.34. The smallest absolute Gasteiger partial charge is 0.292 e. The largest absolute Gasteiger partial charge is 0.416 e. The van der Waals surface area contributed by atoms with Gasteiger partial charge in [-0.25, -0.2) is 0 Å². The number of nitrogens with zero attached hydrogens (tertiary/aromatic N) is 1. The number of hydrogen-bond donors (Lipinski definition) is 2. The number of nitrogens with one attached hydrogen (secondary N) is 2. The van der Waals surface area contributed by atoms with E-state index < -0.39 is 28.3 Å². The molecule has 3 aromatic carbocycles.